The number of ether oxygens (including phenoxy) is 2. The van der Waals surface area contributed by atoms with Gasteiger partial charge in [-0.15, -0.1) is 0 Å². The number of rotatable bonds is 19. The standard InChI is InChI=1S/C42H77N3O3.2H2/c1-32(2)15-12-16-33(3)37-19-20-38-36-18-17-34-31-35(21-23-41(34,4)39(36)22-24-42(37,38)5)48-40(46)45(28-13-25-43(6)7)27-10-11-29-47-30-14-26-44(8)9;;/h17,32-33,35-39H,10-16,18-31H2,1-9H3;2*1H/t33-,35+,36+,37-,38?,39?,41+,42-;;/m1../s1. The molecule has 0 saturated heterocycles. The minimum atomic E-state index is -0.100. The number of carbonyl (C=O) groups is 1. The molecule has 0 aliphatic heterocycles. The average Bonchev–Trinajstić information content (AvgIpc) is 3.38. The summed E-state index contributed by atoms with van der Waals surface area (Å²) in [5.41, 5.74) is 2.42. The first-order valence-corrected chi connectivity index (χ1v) is 20.4. The molecule has 6 heteroatoms. The number of unbranched alkanes of at least 4 members (excludes halogenated alkanes) is 1. The van der Waals surface area contributed by atoms with Crippen LogP contribution in [0.2, 0.25) is 0 Å². The topological polar surface area (TPSA) is 45.2 Å². The van der Waals surface area contributed by atoms with Crippen molar-refractivity contribution in [1.82, 2.24) is 14.7 Å². The summed E-state index contributed by atoms with van der Waals surface area (Å²) in [6.45, 7) is 17.7. The average molecular weight is 676 g/mol. The third-order valence-electron chi connectivity index (χ3n) is 13.7. The van der Waals surface area contributed by atoms with E-state index in [0.717, 1.165) is 113 Å². The molecular formula is C42H81N3O3. The van der Waals surface area contributed by atoms with Crippen molar-refractivity contribution in [3.63, 3.8) is 0 Å². The molecule has 3 saturated carbocycles. The Kier molecular flexibility index (Phi) is 15.2. The molecule has 4 aliphatic rings. The van der Waals surface area contributed by atoms with Crippen LogP contribution in [0.1, 0.15) is 134 Å². The van der Waals surface area contributed by atoms with Gasteiger partial charge in [0, 0.05) is 35.6 Å². The summed E-state index contributed by atoms with van der Waals surface area (Å²) >= 11 is 0. The Hall–Kier alpha value is -1.11. The van der Waals surface area contributed by atoms with Crippen molar-refractivity contribution in [3.05, 3.63) is 11.6 Å². The van der Waals surface area contributed by atoms with Gasteiger partial charge in [-0.1, -0.05) is 65.5 Å². The number of hydrogen-bond acceptors (Lipinski definition) is 5. The molecule has 0 aromatic carbocycles. The Morgan fingerprint density at radius 1 is 0.833 bits per heavy atom. The van der Waals surface area contributed by atoms with Crippen LogP contribution in [0.15, 0.2) is 11.6 Å². The predicted molar refractivity (Wildman–Crippen MR) is 206 cm³/mol. The van der Waals surface area contributed by atoms with Crippen LogP contribution in [0.5, 0.6) is 0 Å². The number of carbonyl (C=O) groups excluding carboxylic acids is 1. The normalized spacial score (nSPS) is 32.2. The number of nitrogens with zero attached hydrogens (tertiary/aromatic N) is 3. The van der Waals surface area contributed by atoms with E-state index < -0.39 is 0 Å². The van der Waals surface area contributed by atoms with E-state index in [2.05, 4.69) is 78.7 Å². The summed E-state index contributed by atoms with van der Waals surface area (Å²) in [5, 5.41) is 0. The summed E-state index contributed by atoms with van der Waals surface area (Å²) in [6.07, 6.45) is 20.8. The SMILES string of the molecule is CC(C)CCC[C@@H](C)[C@H]1CCC2[C@@H]3CC=C4C[C@@H](OC(=O)N(CCCCOCCCN(C)C)CCCN(C)C)CC[C@]4(C)C3CC[C@@]21C.[HH].[HH]. The molecule has 4 rings (SSSR count). The fourth-order valence-corrected chi connectivity index (χ4v) is 10.9. The van der Waals surface area contributed by atoms with Crippen molar-refractivity contribution in [3.8, 4) is 0 Å². The van der Waals surface area contributed by atoms with Gasteiger partial charge in [-0.25, -0.2) is 4.79 Å². The van der Waals surface area contributed by atoms with E-state index in [1.807, 2.05) is 4.90 Å². The van der Waals surface area contributed by atoms with Crippen molar-refractivity contribution in [2.24, 2.45) is 46.3 Å². The highest BCUT2D eigenvalue weighted by Crippen LogP contribution is 2.67. The van der Waals surface area contributed by atoms with Crippen LogP contribution >= 0.6 is 0 Å². The summed E-state index contributed by atoms with van der Waals surface area (Å²) < 4.78 is 12.2. The molecule has 0 bridgehead atoms. The van der Waals surface area contributed by atoms with Gasteiger partial charge in [0.15, 0.2) is 0 Å². The van der Waals surface area contributed by atoms with Gasteiger partial charge in [-0.05, 0) is 158 Å². The maximum absolute atomic E-state index is 13.6. The first-order valence-electron chi connectivity index (χ1n) is 20.4. The molecule has 282 valence electrons. The second-order valence-corrected chi connectivity index (χ2v) is 18.2. The van der Waals surface area contributed by atoms with Crippen LogP contribution in [-0.2, 0) is 9.47 Å². The molecule has 0 aromatic heterocycles. The third kappa shape index (κ3) is 10.2. The van der Waals surface area contributed by atoms with Gasteiger partial charge in [-0.2, -0.15) is 0 Å². The Balaban J connectivity index is 0.00000433. The fourth-order valence-electron chi connectivity index (χ4n) is 10.9. The van der Waals surface area contributed by atoms with Crippen LogP contribution in [0.25, 0.3) is 0 Å². The van der Waals surface area contributed by atoms with Crippen molar-refractivity contribution >= 4 is 6.09 Å². The van der Waals surface area contributed by atoms with E-state index in [1.54, 1.807) is 5.57 Å². The van der Waals surface area contributed by atoms with Crippen LogP contribution in [0, 0.1) is 46.3 Å². The highest BCUT2D eigenvalue weighted by Gasteiger charge is 2.59. The monoisotopic (exact) mass is 676 g/mol. The lowest BCUT2D eigenvalue weighted by atomic mass is 9.47. The van der Waals surface area contributed by atoms with Gasteiger partial charge in [0.05, 0.1) is 0 Å². The molecule has 1 amide bonds. The number of hydrogen-bond donors (Lipinski definition) is 0. The number of fused-ring (bicyclic) bond motifs is 5. The van der Waals surface area contributed by atoms with E-state index in [-0.39, 0.29) is 20.5 Å². The minimum Gasteiger partial charge on any atom is -0.446 e. The fraction of sp³-hybridized carbons (Fsp3) is 0.929. The Labute approximate surface area is 300 Å². The molecule has 0 radical (unpaired) electrons. The highest BCUT2D eigenvalue weighted by molar-refractivity contribution is 5.67. The molecule has 2 unspecified atom stereocenters. The maximum atomic E-state index is 13.6. The van der Waals surface area contributed by atoms with Gasteiger partial charge in [0.1, 0.15) is 6.10 Å². The zero-order valence-electron chi connectivity index (χ0n) is 33.0. The number of amides is 1. The second-order valence-electron chi connectivity index (χ2n) is 18.2. The molecule has 8 atom stereocenters. The zero-order chi connectivity index (χ0) is 34.9. The molecular weight excluding hydrogens is 594 g/mol. The van der Waals surface area contributed by atoms with Crippen molar-refractivity contribution in [2.75, 3.05) is 67.6 Å². The molecule has 0 spiro atoms. The van der Waals surface area contributed by atoms with Gasteiger partial charge in [-0.3, -0.25) is 0 Å². The van der Waals surface area contributed by atoms with E-state index in [9.17, 15) is 4.79 Å². The molecule has 0 heterocycles. The van der Waals surface area contributed by atoms with Crippen LogP contribution < -0.4 is 0 Å². The van der Waals surface area contributed by atoms with E-state index >= 15 is 0 Å². The predicted octanol–water partition coefficient (Wildman–Crippen LogP) is 10.0. The van der Waals surface area contributed by atoms with Crippen molar-refractivity contribution in [1.29, 1.82) is 0 Å². The first-order chi connectivity index (χ1) is 22.8. The lowest BCUT2D eigenvalue weighted by Gasteiger charge is -2.58. The van der Waals surface area contributed by atoms with Gasteiger partial charge in [0.25, 0.3) is 0 Å². The van der Waals surface area contributed by atoms with Crippen LogP contribution in [-0.4, -0.2) is 94.5 Å². The molecule has 0 aromatic rings. The molecule has 4 aliphatic carbocycles. The Morgan fingerprint density at radius 2 is 1.54 bits per heavy atom. The summed E-state index contributed by atoms with van der Waals surface area (Å²) in [7, 11) is 8.41. The zero-order valence-corrected chi connectivity index (χ0v) is 33.0. The van der Waals surface area contributed by atoms with Crippen molar-refractivity contribution < 1.29 is 17.1 Å². The van der Waals surface area contributed by atoms with E-state index in [0.29, 0.717) is 5.41 Å². The second kappa shape index (κ2) is 18.4. The minimum absolute atomic E-state index is 0. The Bertz CT molecular complexity index is 1020. The quantitative estimate of drug-likeness (QED) is 0.101. The smallest absolute Gasteiger partial charge is 0.410 e. The number of allylic oxidation sites excluding steroid dienone is 1. The molecule has 6 nitrogen and oxygen atoms in total. The summed E-state index contributed by atoms with van der Waals surface area (Å²) in [5.74, 6) is 5.12. The van der Waals surface area contributed by atoms with Gasteiger partial charge < -0.3 is 24.2 Å². The third-order valence-corrected chi connectivity index (χ3v) is 13.7. The van der Waals surface area contributed by atoms with Crippen LogP contribution in [0.4, 0.5) is 4.79 Å². The molecule has 3 fully saturated rings. The van der Waals surface area contributed by atoms with E-state index in [1.165, 1.54) is 57.8 Å². The summed E-state index contributed by atoms with van der Waals surface area (Å²) in [4.78, 5) is 20.0. The molecule has 48 heavy (non-hydrogen) atoms. The maximum Gasteiger partial charge on any atom is 0.410 e. The lowest BCUT2D eigenvalue weighted by Crippen LogP contribution is -2.51. The first kappa shape index (κ1) is 39.7. The highest BCUT2D eigenvalue weighted by atomic mass is 16.6. The van der Waals surface area contributed by atoms with Gasteiger partial charge in [0.2, 0.25) is 0 Å². The van der Waals surface area contributed by atoms with Crippen molar-refractivity contribution in [2.45, 2.75) is 137 Å². The van der Waals surface area contributed by atoms with E-state index in [4.69, 9.17) is 9.47 Å². The van der Waals surface area contributed by atoms with Gasteiger partial charge >= 0.3 is 6.09 Å². The lowest BCUT2D eigenvalue weighted by molar-refractivity contribution is -0.0593. The Morgan fingerprint density at radius 3 is 2.27 bits per heavy atom. The summed E-state index contributed by atoms with van der Waals surface area (Å²) in [6, 6.07) is 0. The van der Waals surface area contributed by atoms with Crippen LogP contribution in [0.3, 0.4) is 0 Å². The molecule has 0 N–H and O–H groups in total. The largest absolute Gasteiger partial charge is 0.446 e.